The van der Waals surface area contributed by atoms with Crippen LogP contribution in [0.2, 0.25) is 0 Å². The fraction of sp³-hybridized carbons (Fsp3) is 0.613. The molecule has 2 aliphatic rings. The smallest absolute Gasteiger partial charge is 0.426 e. The van der Waals surface area contributed by atoms with E-state index in [4.69, 9.17) is 0 Å². The SMILES string of the molecule is CCCCCC1CCC(C2CCC(c3ccc(C(F)(F)Oc4ccc(C(F)(F)F)c(F)c4)cc3)CC2)CC1. The molecule has 2 aromatic rings. The second-order valence-electron chi connectivity index (χ2n) is 11.3. The highest BCUT2D eigenvalue weighted by Gasteiger charge is 2.38. The Morgan fingerprint density at radius 2 is 1.37 bits per heavy atom. The topological polar surface area (TPSA) is 9.23 Å². The molecule has 0 aromatic heterocycles. The summed E-state index contributed by atoms with van der Waals surface area (Å²) < 4.78 is 85.9. The van der Waals surface area contributed by atoms with Gasteiger partial charge in [0.1, 0.15) is 11.6 Å². The highest BCUT2D eigenvalue weighted by Crippen LogP contribution is 2.45. The molecule has 0 amide bonds. The van der Waals surface area contributed by atoms with E-state index < -0.39 is 35.0 Å². The van der Waals surface area contributed by atoms with Crippen LogP contribution < -0.4 is 4.74 Å². The van der Waals surface area contributed by atoms with Gasteiger partial charge in [0.15, 0.2) is 0 Å². The van der Waals surface area contributed by atoms with Crippen molar-refractivity contribution in [2.45, 2.75) is 102 Å². The van der Waals surface area contributed by atoms with Gasteiger partial charge in [-0.2, -0.15) is 22.0 Å². The Bertz CT molecular complexity index is 1020. The Morgan fingerprint density at radius 3 is 1.92 bits per heavy atom. The summed E-state index contributed by atoms with van der Waals surface area (Å²) in [5, 5.41) is 0. The summed E-state index contributed by atoms with van der Waals surface area (Å²) in [6.45, 7) is 2.25. The first-order valence-corrected chi connectivity index (χ1v) is 14.1. The van der Waals surface area contributed by atoms with Gasteiger partial charge in [0.25, 0.3) is 0 Å². The molecule has 4 rings (SSSR count). The van der Waals surface area contributed by atoms with E-state index in [0.717, 1.165) is 36.2 Å². The lowest BCUT2D eigenvalue weighted by Gasteiger charge is -2.38. The molecular formula is C31H38F6O. The van der Waals surface area contributed by atoms with E-state index >= 15 is 0 Å². The van der Waals surface area contributed by atoms with E-state index in [-0.39, 0.29) is 0 Å². The van der Waals surface area contributed by atoms with Crippen molar-refractivity contribution in [1.29, 1.82) is 0 Å². The van der Waals surface area contributed by atoms with Gasteiger partial charge in [0.05, 0.1) is 11.1 Å². The Labute approximate surface area is 222 Å². The lowest BCUT2D eigenvalue weighted by Crippen LogP contribution is -2.25. The molecule has 2 aliphatic carbocycles. The van der Waals surface area contributed by atoms with Gasteiger partial charge in [0, 0.05) is 6.07 Å². The van der Waals surface area contributed by atoms with Crippen LogP contribution in [0.15, 0.2) is 42.5 Å². The van der Waals surface area contributed by atoms with E-state index in [1.165, 1.54) is 76.3 Å². The fourth-order valence-corrected chi connectivity index (χ4v) is 6.50. The molecule has 38 heavy (non-hydrogen) atoms. The first-order valence-electron chi connectivity index (χ1n) is 14.1. The normalized spacial score (nSPS) is 24.8. The van der Waals surface area contributed by atoms with Crippen LogP contribution in [0, 0.1) is 23.6 Å². The van der Waals surface area contributed by atoms with Crippen LogP contribution in [-0.4, -0.2) is 0 Å². The zero-order valence-electron chi connectivity index (χ0n) is 22.0. The fourth-order valence-electron chi connectivity index (χ4n) is 6.50. The molecule has 2 aromatic carbocycles. The number of ether oxygens (including phenoxy) is 1. The maximum atomic E-state index is 14.7. The molecule has 0 spiro atoms. The maximum Gasteiger partial charge on any atom is 0.426 e. The zero-order chi connectivity index (χ0) is 27.3. The van der Waals surface area contributed by atoms with Gasteiger partial charge in [-0.25, -0.2) is 4.39 Å². The van der Waals surface area contributed by atoms with Crippen LogP contribution >= 0.6 is 0 Å². The summed E-state index contributed by atoms with van der Waals surface area (Å²) in [7, 11) is 0. The predicted molar refractivity (Wildman–Crippen MR) is 137 cm³/mol. The predicted octanol–water partition coefficient (Wildman–Crippen LogP) is 10.6. The second kappa shape index (κ2) is 12.3. The van der Waals surface area contributed by atoms with Crippen molar-refractivity contribution in [1.82, 2.24) is 0 Å². The third-order valence-electron chi connectivity index (χ3n) is 8.76. The lowest BCUT2D eigenvalue weighted by atomic mass is 9.68. The zero-order valence-corrected chi connectivity index (χ0v) is 22.0. The van der Waals surface area contributed by atoms with Gasteiger partial charge in [-0.3, -0.25) is 0 Å². The number of halogens is 6. The third-order valence-corrected chi connectivity index (χ3v) is 8.76. The minimum Gasteiger partial charge on any atom is -0.429 e. The quantitative estimate of drug-likeness (QED) is 0.227. The average molecular weight is 541 g/mol. The molecule has 0 heterocycles. The Morgan fingerprint density at radius 1 is 0.763 bits per heavy atom. The molecule has 1 nitrogen and oxygen atoms in total. The molecular weight excluding hydrogens is 502 g/mol. The molecule has 2 fully saturated rings. The van der Waals surface area contributed by atoms with Crippen LogP contribution in [-0.2, 0) is 12.3 Å². The van der Waals surface area contributed by atoms with Crippen LogP contribution in [0.1, 0.15) is 107 Å². The van der Waals surface area contributed by atoms with E-state index in [2.05, 4.69) is 11.7 Å². The van der Waals surface area contributed by atoms with Gasteiger partial charge in [-0.15, -0.1) is 0 Å². The molecule has 7 heteroatoms. The number of unbranched alkanes of at least 4 members (excludes halogenated alkanes) is 2. The van der Waals surface area contributed by atoms with E-state index in [1.54, 1.807) is 12.1 Å². The van der Waals surface area contributed by atoms with Gasteiger partial charge < -0.3 is 4.74 Å². The van der Waals surface area contributed by atoms with Crippen molar-refractivity contribution in [3.05, 3.63) is 65.0 Å². The average Bonchev–Trinajstić information content (AvgIpc) is 2.88. The van der Waals surface area contributed by atoms with Crippen LogP contribution in [0.3, 0.4) is 0 Å². The molecule has 2 saturated carbocycles. The van der Waals surface area contributed by atoms with E-state index in [0.29, 0.717) is 24.1 Å². The van der Waals surface area contributed by atoms with Gasteiger partial charge in [-0.1, -0.05) is 57.6 Å². The van der Waals surface area contributed by atoms with Crippen LogP contribution in [0.5, 0.6) is 5.75 Å². The highest BCUT2D eigenvalue weighted by molar-refractivity contribution is 5.33. The lowest BCUT2D eigenvalue weighted by molar-refractivity contribution is -0.185. The summed E-state index contributed by atoms with van der Waals surface area (Å²) in [5.74, 6) is 0.516. The maximum absolute atomic E-state index is 14.7. The molecule has 210 valence electrons. The number of alkyl halides is 5. The molecule has 0 radical (unpaired) electrons. The summed E-state index contributed by atoms with van der Waals surface area (Å²) in [5.41, 5.74) is -0.934. The summed E-state index contributed by atoms with van der Waals surface area (Å²) in [6.07, 6.45) is 6.54. The molecule has 0 atom stereocenters. The standard InChI is InChI=1S/C31H38F6O/c1-2-3-4-5-21-6-8-22(9-7-21)23-10-12-24(13-11-23)25-14-16-26(17-15-25)31(36,37)38-27-18-19-28(29(32)20-27)30(33,34)35/h14-24H,2-13H2,1H3. The second-order valence-corrected chi connectivity index (χ2v) is 11.3. The first kappa shape index (κ1) is 28.8. The minimum absolute atomic E-state index is 0.336. The molecule has 0 N–H and O–H groups in total. The van der Waals surface area contributed by atoms with Gasteiger partial charge >= 0.3 is 12.3 Å². The van der Waals surface area contributed by atoms with Crippen molar-refractivity contribution in [3.63, 3.8) is 0 Å². The van der Waals surface area contributed by atoms with Crippen molar-refractivity contribution in [3.8, 4) is 5.75 Å². The van der Waals surface area contributed by atoms with Crippen LogP contribution in [0.25, 0.3) is 0 Å². The molecule has 0 aliphatic heterocycles. The highest BCUT2D eigenvalue weighted by atomic mass is 19.4. The third kappa shape index (κ3) is 7.26. The molecule has 0 bridgehead atoms. The number of hydrogen-bond acceptors (Lipinski definition) is 1. The Balaban J connectivity index is 1.28. The Kier molecular flexibility index (Phi) is 9.36. The summed E-state index contributed by atoms with van der Waals surface area (Å²) in [6, 6.07) is 7.40. The van der Waals surface area contributed by atoms with E-state index in [9.17, 15) is 26.3 Å². The molecule has 0 unspecified atom stereocenters. The summed E-state index contributed by atoms with van der Waals surface area (Å²) in [4.78, 5) is 0. The number of rotatable bonds is 9. The van der Waals surface area contributed by atoms with Crippen molar-refractivity contribution in [2.24, 2.45) is 17.8 Å². The number of hydrogen-bond donors (Lipinski definition) is 0. The van der Waals surface area contributed by atoms with Gasteiger partial charge in [-0.05, 0) is 92.0 Å². The van der Waals surface area contributed by atoms with Crippen molar-refractivity contribution >= 4 is 0 Å². The summed E-state index contributed by atoms with van der Waals surface area (Å²) >= 11 is 0. The van der Waals surface area contributed by atoms with Crippen LogP contribution in [0.4, 0.5) is 26.3 Å². The monoisotopic (exact) mass is 540 g/mol. The van der Waals surface area contributed by atoms with E-state index in [1.807, 2.05) is 0 Å². The van der Waals surface area contributed by atoms with Crippen molar-refractivity contribution in [2.75, 3.05) is 0 Å². The first-order chi connectivity index (χ1) is 18.1. The van der Waals surface area contributed by atoms with Gasteiger partial charge in [0.2, 0.25) is 0 Å². The number of benzene rings is 2. The minimum atomic E-state index is -4.91. The Hall–Kier alpha value is -2.18. The largest absolute Gasteiger partial charge is 0.429 e. The van der Waals surface area contributed by atoms with Crippen molar-refractivity contribution < 1.29 is 31.1 Å². The molecule has 0 saturated heterocycles.